The second-order valence-electron chi connectivity index (χ2n) is 11.2. The van der Waals surface area contributed by atoms with Crippen molar-refractivity contribution >= 4 is 35.3 Å². The van der Waals surface area contributed by atoms with Crippen molar-refractivity contribution in [1.82, 2.24) is 19.6 Å². The van der Waals surface area contributed by atoms with Gasteiger partial charge in [-0.3, -0.25) is 14.3 Å². The first-order chi connectivity index (χ1) is 20.4. The summed E-state index contributed by atoms with van der Waals surface area (Å²) in [6.07, 6.45) is 1.80. The number of hydrogen-bond acceptors (Lipinski definition) is 8. The number of nitrogens with zero attached hydrogens (tertiary/aromatic N) is 4. The highest BCUT2D eigenvalue weighted by atomic mass is 35.5. The molecule has 2 amide bonds. The van der Waals surface area contributed by atoms with Gasteiger partial charge < -0.3 is 29.3 Å². The summed E-state index contributed by atoms with van der Waals surface area (Å²) < 4.78 is 43.1. The molecule has 2 saturated heterocycles. The van der Waals surface area contributed by atoms with Crippen LogP contribution in [0.1, 0.15) is 52.1 Å². The number of rotatable bonds is 11. The van der Waals surface area contributed by atoms with Gasteiger partial charge in [-0.15, -0.1) is 0 Å². The monoisotopic (exact) mass is 625 g/mol. The second kappa shape index (κ2) is 13.5. The number of halogens is 3. The number of carbonyl (C=O) groups is 3. The first-order valence-electron chi connectivity index (χ1n) is 14.4. The molecule has 1 aromatic carbocycles. The van der Waals surface area contributed by atoms with Crippen LogP contribution in [0.4, 0.5) is 19.3 Å². The van der Waals surface area contributed by atoms with E-state index in [-0.39, 0.29) is 54.7 Å². The van der Waals surface area contributed by atoms with Crippen molar-refractivity contribution in [3.8, 4) is 5.75 Å². The summed E-state index contributed by atoms with van der Waals surface area (Å²) in [6.45, 7) is 6.30. The van der Waals surface area contributed by atoms with Crippen LogP contribution in [0.5, 0.6) is 5.75 Å². The molecule has 2 aliphatic rings. The predicted octanol–water partition coefficient (Wildman–Crippen LogP) is 4.71. The molecule has 43 heavy (non-hydrogen) atoms. The maximum atomic E-state index is 14.1. The van der Waals surface area contributed by atoms with Crippen LogP contribution in [0, 0.1) is 5.41 Å². The molecule has 236 valence electrons. The number of likely N-dealkylation sites (tertiary alicyclic amines) is 2. The number of benzene rings is 1. The topological polar surface area (TPSA) is 115 Å². The van der Waals surface area contributed by atoms with Crippen LogP contribution in [0.25, 0.3) is 0 Å². The summed E-state index contributed by atoms with van der Waals surface area (Å²) in [5.41, 5.74) is -1.17. The highest BCUT2D eigenvalue weighted by Gasteiger charge is 2.55. The summed E-state index contributed by atoms with van der Waals surface area (Å²) >= 11 is 6.00. The first-order valence-corrected chi connectivity index (χ1v) is 14.7. The summed E-state index contributed by atoms with van der Waals surface area (Å²) in [7, 11) is 0. The molecule has 11 nitrogen and oxygen atoms in total. The van der Waals surface area contributed by atoms with Gasteiger partial charge in [0.05, 0.1) is 18.9 Å². The zero-order valence-electron chi connectivity index (χ0n) is 24.8. The van der Waals surface area contributed by atoms with Crippen molar-refractivity contribution in [3.63, 3.8) is 0 Å². The fourth-order valence-electron chi connectivity index (χ4n) is 5.79. The summed E-state index contributed by atoms with van der Waals surface area (Å²) in [5.74, 6) is -1.01. The van der Waals surface area contributed by atoms with Crippen molar-refractivity contribution in [2.45, 2.75) is 58.6 Å². The number of alkyl halides is 2. The van der Waals surface area contributed by atoms with E-state index in [1.54, 1.807) is 24.7 Å². The van der Waals surface area contributed by atoms with Gasteiger partial charge in [-0.05, 0) is 50.8 Å². The molecular weight excluding hydrogens is 588 g/mol. The largest absolute Gasteiger partial charge is 0.465 e. The summed E-state index contributed by atoms with van der Waals surface area (Å²) in [4.78, 5) is 43.0. The molecule has 4 rings (SSSR count). The predicted molar refractivity (Wildman–Crippen MR) is 154 cm³/mol. The van der Waals surface area contributed by atoms with Crippen LogP contribution in [0.2, 0.25) is 5.02 Å². The minimum absolute atomic E-state index is 0.0504. The molecule has 0 saturated carbocycles. The minimum atomic E-state index is -3.11. The Balaban J connectivity index is 1.58. The van der Waals surface area contributed by atoms with E-state index in [2.05, 4.69) is 20.1 Å². The van der Waals surface area contributed by atoms with Crippen molar-refractivity contribution in [3.05, 3.63) is 41.2 Å². The number of ether oxygens (including phenoxy) is 3. The Hall–Kier alpha value is -3.45. The second-order valence-corrected chi connectivity index (χ2v) is 11.6. The summed E-state index contributed by atoms with van der Waals surface area (Å²) in [5, 5.41) is 7.51. The lowest BCUT2D eigenvalue weighted by Crippen LogP contribution is -2.67. The maximum absolute atomic E-state index is 14.1. The van der Waals surface area contributed by atoms with Gasteiger partial charge in [0.1, 0.15) is 11.0 Å². The Kier molecular flexibility index (Phi) is 10.2. The lowest BCUT2D eigenvalue weighted by Gasteiger charge is -2.50. The number of hydrogen-bond donors (Lipinski definition) is 1. The van der Waals surface area contributed by atoms with Gasteiger partial charge in [0.2, 0.25) is 0 Å². The van der Waals surface area contributed by atoms with E-state index in [4.69, 9.17) is 21.1 Å². The van der Waals surface area contributed by atoms with Crippen molar-refractivity contribution in [2.75, 3.05) is 51.3 Å². The number of anilines is 1. The first kappa shape index (κ1) is 32.5. The third-order valence-corrected chi connectivity index (χ3v) is 8.17. The third-order valence-electron chi connectivity index (χ3n) is 7.93. The summed E-state index contributed by atoms with van der Waals surface area (Å²) in [6, 6.07) is 5.97. The highest BCUT2D eigenvalue weighted by Crippen LogP contribution is 2.39. The minimum Gasteiger partial charge on any atom is -0.465 e. The van der Waals surface area contributed by atoms with Gasteiger partial charge in [0, 0.05) is 55.7 Å². The van der Waals surface area contributed by atoms with Crippen LogP contribution < -0.4 is 10.1 Å². The van der Waals surface area contributed by atoms with E-state index >= 15 is 0 Å². The zero-order chi connectivity index (χ0) is 31.4. The average molecular weight is 626 g/mol. The van der Waals surface area contributed by atoms with Crippen LogP contribution in [-0.2, 0) is 24.6 Å². The van der Waals surface area contributed by atoms with Crippen LogP contribution in [0.3, 0.4) is 0 Å². The normalized spacial score (nSPS) is 17.8. The van der Waals surface area contributed by atoms with Crippen LogP contribution in [-0.4, -0.2) is 90.1 Å². The molecule has 3 heterocycles. The molecule has 14 heteroatoms. The Morgan fingerprint density at radius 2 is 1.74 bits per heavy atom. The Morgan fingerprint density at radius 3 is 2.35 bits per heavy atom. The number of aromatic nitrogens is 2. The van der Waals surface area contributed by atoms with Crippen molar-refractivity contribution in [2.24, 2.45) is 5.41 Å². The molecule has 2 aliphatic heterocycles. The van der Waals surface area contributed by atoms with Gasteiger partial charge >= 0.3 is 18.7 Å². The van der Waals surface area contributed by atoms with Gasteiger partial charge in [-0.25, -0.2) is 4.79 Å². The van der Waals surface area contributed by atoms with Crippen LogP contribution in [0.15, 0.2) is 30.5 Å². The van der Waals surface area contributed by atoms with Crippen molar-refractivity contribution in [1.29, 1.82) is 0 Å². The number of amides is 2. The van der Waals surface area contributed by atoms with E-state index in [9.17, 15) is 23.2 Å². The Labute approximate surface area is 254 Å². The number of carbonyl (C=O) groups excluding carboxylic acids is 3. The van der Waals surface area contributed by atoms with Gasteiger partial charge in [0.15, 0.2) is 5.75 Å². The number of piperidine rings is 1. The van der Waals surface area contributed by atoms with E-state index in [1.165, 1.54) is 23.1 Å². The molecule has 0 spiro atoms. The molecule has 0 unspecified atom stereocenters. The Bertz CT molecular complexity index is 1310. The Morgan fingerprint density at radius 1 is 1.07 bits per heavy atom. The molecule has 0 aliphatic carbocycles. The molecule has 0 atom stereocenters. The van der Waals surface area contributed by atoms with Gasteiger partial charge in [-0.2, -0.15) is 13.9 Å². The zero-order valence-corrected chi connectivity index (χ0v) is 25.5. The number of esters is 1. The molecule has 0 radical (unpaired) electrons. The van der Waals surface area contributed by atoms with Gasteiger partial charge in [-0.1, -0.05) is 25.4 Å². The lowest BCUT2D eigenvalue weighted by molar-refractivity contribution is -0.168. The lowest BCUT2D eigenvalue weighted by atomic mass is 9.78. The standard InChI is InChI=1S/C29H38ClF2N5O6/c1-5-41-25(39)28(17-36(18-28)27(40)42-6-2)16-35-13-10-29(11-14-35,37-22(19(3)4)9-12-33-37)24(38)34-21-8-7-20(30)15-23(21)43-26(31)32/h7-9,12,15,19,26H,5-6,10-11,13-14,16-18H2,1-4H3,(H,34,38). The van der Waals surface area contributed by atoms with E-state index in [1.807, 2.05) is 19.9 Å². The molecule has 2 aromatic rings. The van der Waals surface area contributed by atoms with Crippen LogP contribution >= 0.6 is 11.6 Å². The van der Waals surface area contributed by atoms with E-state index in [0.717, 1.165) is 5.69 Å². The highest BCUT2D eigenvalue weighted by molar-refractivity contribution is 6.30. The molecule has 1 N–H and O–H groups in total. The van der Waals surface area contributed by atoms with Crippen molar-refractivity contribution < 1.29 is 37.4 Å². The van der Waals surface area contributed by atoms with E-state index < -0.39 is 29.6 Å². The molecule has 2 fully saturated rings. The number of nitrogens with one attached hydrogen (secondary N) is 1. The smallest absolute Gasteiger partial charge is 0.409 e. The van der Waals surface area contributed by atoms with E-state index in [0.29, 0.717) is 32.5 Å². The quantitative estimate of drug-likeness (QED) is 0.357. The fraction of sp³-hybridized carbons (Fsp3) is 0.586. The maximum Gasteiger partial charge on any atom is 0.409 e. The molecule has 0 bridgehead atoms. The molecule has 1 aromatic heterocycles. The average Bonchev–Trinajstić information content (AvgIpc) is 3.43. The van der Waals surface area contributed by atoms with Gasteiger partial charge in [0.25, 0.3) is 5.91 Å². The fourth-order valence-corrected chi connectivity index (χ4v) is 5.95. The molecular formula is C29H38ClF2N5O6. The SMILES string of the molecule is CCOC(=O)N1CC(CN2CCC(C(=O)Nc3ccc(Cl)cc3OC(F)F)(n3nccc3C(C)C)CC2)(C(=O)OCC)C1. The third kappa shape index (κ3) is 6.87.